The third-order valence-electron chi connectivity index (χ3n) is 2.72. The van der Waals surface area contributed by atoms with Crippen molar-refractivity contribution in [1.29, 1.82) is 0 Å². The van der Waals surface area contributed by atoms with E-state index in [2.05, 4.69) is 28.8 Å². The second kappa shape index (κ2) is 7.85. The summed E-state index contributed by atoms with van der Waals surface area (Å²) >= 11 is 0. The van der Waals surface area contributed by atoms with Crippen LogP contribution in [-0.4, -0.2) is 11.7 Å². The van der Waals surface area contributed by atoms with E-state index in [9.17, 15) is 4.79 Å². The van der Waals surface area contributed by atoms with Crippen LogP contribution in [0, 0.1) is 0 Å². The molecular formula is C17H21N3O. The molecular weight excluding hydrogens is 262 g/mol. The van der Waals surface area contributed by atoms with Crippen LogP contribution in [0.4, 0.5) is 11.4 Å². The van der Waals surface area contributed by atoms with Crippen LogP contribution in [0.15, 0.2) is 65.8 Å². The summed E-state index contributed by atoms with van der Waals surface area (Å²) in [6.45, 7) is 13.0. The van der Waals surface area contributed by atoms with E-state index in [4.69, 9.17) is 0 Å². The first-order chi connectivity index (χ1) is 9.97. The fourth-order valence-corrected chi connectivity index (χ4v) is 1.53. The van der Waals surface area contributed by atoms with Crippen molar-refractivity contribution < 1.29 is 4.79 Å². The fourth-order valence-electron chi connectivity index (χ4n) is 1.53. The van der Waals surface area contributed by atoms with Crippen molar-refractivity contribution in [1.82, 2.24) is 5.32 Å². The summed E-state index contributed by atoms with van der Waals surface area (Å²) < 4.78 is 0. The molecule has 1 rings (SSSR count). The van der Waals surface area contributed by atoms with Crippen molar-refractivity contribution >= 4 is 23.1 Å². The molecule has 0 aliphatic rings. The number of nitrogens with one attached hydrogen (secondary N) is 2. The lowest BCUT2D eigenvalue weighted by Gasteiger charge is -2.12. The molecule has 0 bridgehead atoms. The lowest BCUT2D eigenvalue weighted by molar-refractivity contribution is -0.111. The Kier molecular flexibility index (Phi) is 6.14. The zero-order chi connectivity index (χ0) is 15.8. The highest BCUT2D eigenvalue weighted by Gasteiger charge is 2.06. The molecule has 1 amide bonds. The Morgan fingerprint density at radius 3 is 2.52 bits per heavy atom. The molecule has 2 N–H and O–H groups in total. The lowest BCUT2D eigenvalue weighted by atomic mass is 10.2. The molecule has 1 aromatic carbocycles. The minimum atomic E-state index is -0.269. The number of amidine groups is 1. The molecule has 0 saturated heterocycles. The van der Waals surface area contributed by atoms with Gasteiger partial charge in [0.15, 0.2) is 0 Å². The van der Waals surface area contributed by atoms with Gasteiger partial charge < -0.3 is 10.6 Å². The maximum absolute atomic E-state index is 11.5. The molecule has 0 aliphatic carbocycles. The molecule has 0 unspecified atom stereocenters. The zero-order valence-electron chi connectivity index (χ0n) is 12.7. The maximum Gasteiger partial charge on any atom is 0.247 e. The predicted molar refractivity (Wildman–Crippen MR) is 89.7 cm³/mol. The molecule has 0 saturated carbocycles. The van der Waals surface area contributed by atoms with Crippen LogP contribution in [0.5, 0.6) is 0 Å². The third kappa shape index (κ3) is 5.10. The summed E-state index contributed by atoms with van der Waals surface area (Å²) in [4.78, 5) is 16.1. The predicted octanol–water partition coefficient (Wildman–Crippen LogP) is 3.93. The van der Waals surface area contributed by atoms with Gasteiger partial charge in [-0.1, -0.05) is 31.4 Å². The van der Waals surface area contributed by atoms with E-state index in [1.807, 2.05) is 45.0 Å². The Labute approximate surface area is 126 Å². The first kappa shape index (κ1) is 16.4. The van der Waals surface area contributed by atoms with Crippen LogP contribution < -0.4 is 10.6 Å². The quantitative estimate of drug-likeness (QED) is 0.488. The summed E-state index contributed by atoms with van der Waals surface area (Å²) in [5, 5.41) is 5.87. The van der Waals surface area contributed by atoms with Gasteiger partial charge in [0, 0.05) is 5.70 Å². The monoisotopic (exact) mass is 283 g/mol. The number of hydrogen-bond acceptors (Lipinski definition) is 2. The lowest BCUT2D eigenvalue weighted by Crippen LogP contribution is -2.21. The Bertz CT molecular complexity index is 612. The highest BCUT2D eigenvalue weighted by Crippen LogP contribution is 2.25. The van der Waals surface area contributed by atoms with Gasteiger partial charge in [-0.05, 0) is 44.6 Å². The van der Waals surface area contributed by atoms with Crippen LogP contribution in [0.2, 0.25) is 0 Å². The van der Waals surface area contributed by atoms with Gasteiger partial charge in [-0.3, -0.25) is 4.79 Å². The van der Waals surface area contributed by atoms with Crippen molar-refractivity contribution in [3.8, 4) is 0 Å². The average Bonchev–Trinajstić information content (AvgIpc) is 2.47. The largest absolute Gasteiger partial charge is 0.344 e. The number of carbonyl (C=O) groups is 1. The summed E-state index contributed by atoms with van der Waals surface area (Å²) in [5.41, 5.74) is 3.08. The molecule has 0 radical (unpaired) electrons. The van der Waals surface area contributed by atoms with E-state index in [0.717, 1.165) is 11.3 Å². The number of carbonyl (C=O) groups excluding carboxylic acids is 1. The van der Waals surface area contributed by atoms with Crippen LogP contribution in [0.25, 0.3) is 0 Å². The van der Waals surface area contributed by atoms with E-state index in [1.165, 1.54) is 6.08 Å². The van der Waals surface area contributed by atoms with Crippen molar-refractivity contribution in [2.45, 2.75) is 20.8 Å². The number of aliphatic imine (C=N–C) groups is 1. The van der Waals surface area contributed by atoms with E-state index >= 15 is 0 Å². The average molecular weight is 283 g/mol. The second-order valence-corrected chi connectivity index (χ2v) is 4.55. The summed E-state index contributed by atoms with van der Waals surface area (Å²) in [6, 6.07) is 7.34. The van der Waals surface area contributed by atoms with Crippen molar-refractivity contribution in [2.75, 3.05) is 5.32 Å². The maximum atomic E-state index is 11.5. The molecule has 0 heterocycles. The molecule has 21 heavy (non-hydrogen) atoms. The molecule has 110 valence electrons. The van der Waals surface area contributed by atoms with Gasteiger partial charge in [0.2, 0.25) is 5.91 Å². The van der Waals surface area contributed by atoms with Crippen LogP contribution >= 0.6 is 0 Å². The smallest absolute Gasteiger partial charge is 0.247 e. The Morgan fingerprint density at radius 1 is 1.29 bits per heavy atom. The third-order valence-corrected chi connectivity index (χ3v) is 2.72. The normalized spacial score (nSPS) is 11.8. The number of allylic oxidation sites excluding steroid dienone is 2. The van der Waals surface area contributed by atoms with E-state index < -0.39 is 0 Å². The second-order valence-electron chi connectivity index (χ2n) is 4.55. The SMILES string of the molecule is C=CC(=O)Nc1ccccc1N=C(NC(=C)C)/C(C)=C\C. The Hall–Kier alpha value is -2.62. The van der Waals surface area contributed by atoms with Crippen LogP contribution in [0.1, 0.15) is 20.8 Å². The first-order valence-corrected chi connectivity index (χ1v) is 6.65. The highest BCUT2D eigenvalue weighted by molar-refractivity contribution is 6.03. The van der Waals surface area contributed by atoms with Gasteiger partial charge in [-0.15, -0.1) is 0 Å². The van der Waals surface area contributed by atoms with E-state index in [-0.39, 0.29) is 5.91 Å². The van der Waals surface area contributed by atoms with Gasteiger partial charge in [0.25, 0.3) is 0 Å². The number of para-hydroxylation sites is 2. The van der Waals surface area contributed by atoms with Crippen molar-refractivity contribution in [3.05, 3.63) is 60.8 Å². The number of amides is 1. The van der Waals surface area contributed by atoms with Gasteiger partial charge in [0.1, 0.15) is 5.84 Å². The van der Waals surface area contributed by atoms with Gasteiger partial charge >= 0.3 is 0 Å². The summed E-state index contributed by atoms with van der Waals surface area (Å²) in [7, 11) is 0. The number of anilines is 1. The van der Waals surface area contributed by atoms with Gasteiger partial charge in [-0.2, -0.15) is 0 Å². The zero-order valence-corrected chi connectivity index (χ0v) is 12.7. The summed E-state index contributed by atoms with van der Waals surface area (Å²) in [6.07, 6.45) is 3.18. The Morgan fingerprint density at radius 2 is 1.95 bits per heavy atom. The highest BCUT2D eigenvalue weighted by atomic mass is 16.1. The van der Waals surface area contributed by atoms with Crippen LogP contribution in [-0.2, 0) is 4.79 Å². The molecule has 0 aromatic heterocycles. The number of benzene rings is 1. The van der Waals surface area contributed by atoms with Crippen molar-refractivity contribution in [2.24, 2.45) is 4.99 Å². The molecule has 0 fully saturated rings. The molecule has 0 atom stereocenters. The molecule has 1 aromatic rings. The minimum Gasteiger partial charge on any atom is -0.344 e. The molecule has 4 heteroatoms. The fraction of sp³-hybridized carbons (Fsp3) is 0.176. The minimum absolute atomic E-state index is 0.269. The van der Waals surface area contributed by atoms with E-state index in [0.29, 0.717) is 17.2 Å². The molecule has 0 spiro atoms. The van der Waals surface area contributed by atoms with Crippen LogP contribution in [0.3, 0.4) is 0 Å². The standard InChI is InChI=1S/C17H21N3O/c1-6-13(5)17(18-12(3)4)20-15-11-9-8-10-14(15)19-16(21)7-2/h6-11H,2-3H2,1,4-5H3,(H,18,20)(H,19,21)/b13-6-. The topological polar surface area (TPSA) is 53.5 Å². The van der Waals surface area contributed by atoms with E-state index in [1.54, 1.807) is 6.07 Å². The number of nitrogens with zero attached hydrogens (tertiary/aromatic N) is 1. The Balaban J connectivity index is 3.23. The van der Waals surface area contributed by atoms with Crippen molar-refractivity contribution in [3.63, 3.8) is 0 Å². The molecule has 0 aliphatic heterocycles. The van der Waals surface area contributed by atoms with Gasteiger partial charge in [-0.25, -0.2) is 4.99 Å². The summed E-state index contributed by atoms with van der Waals surface area (Å²) in [5.74, 6) is 0.431. The number of hydrogen-bond donors (Lipinski definition) is 2. The first-order valence-electron chi connectivity index (χ1n) is 6.65. The molecule has 4 nitrogen and oxygen atoms in total. The van der Waals surface area contributed by atoms with Gasteiger partial charge in [0.05, 0.1) is 11.4 Å². The number of rotatable bonds is 5.